The van der Waals surface area contributed by atoms with Gasteiger partial charge < -0.3 is 15.7 Å². The summed E-state index contributed by atoms with van der Waals surface area (Å²) in [6.07, 6.45) is 2.59. The maximum atomic E-state index is 11.9. The molecule has 2 amide bonds. The summed E-state index contributed by atoms with van der Waals surface area (Å²) in [5, 5.41) is 14.1. The highest BCUT2D eigenvalue weighted by molar-refractivity contribution is 9.10. The molecule has 7 heteroatoms. The number of aromatic carboxylic acids is 1. The maximum absolute atomic E-state index is 11.9. The number of halogens is 1. The first-order valence-electron chi connectivity index (χ1n) is 5.98. The van der Waals surface area contributed by atoms with Crippen LogP contribution >= 0.6 is 15.9 Å². The van der Waals surface area contributed by atoms with Gasteiger partial charge in [-0.15, -0.1) is 0 Å². The first-order chi connectivity index (χ1) is 9.95. The van der Waals surface area contributed by atoms with Crippen molar-refractivity contribution in [3.63, 3.8) is 0 Å². The zero-order valence-corrected chi connectivity index (χ0v) is 12.6. The van der Waals surface area contributed by atoms with Crippen molar-refractivity contribution in [3.05, 3.63) is 52.3 Å². The Kier molecular flexibility index (Phi) is 4.54. The summed E-state index contributed by atoms with van der Waals surface area (Å²) < 4.78 is 0.845. The molecule has 0 radical (unpaired) electrons. The van der Waals surface area contributed by atoms with Crippen molar-refractivity contribution in [1.29, 1.82) is 0 Å². The highest BCUT2D eigenvalue weighted by Crippen LogP contribution is 2.21. The minimum atomic E-state index is -1.10. The minimum Gasteiger partial charge on any atom is -0.478 e. The lowest BCUT2D eigenvalue weighted by Crippen LogP contribution is -2.20. The van der Waals surface area contributed by atoms with Crippen molar-refractivity contribution < 1.29 is 14.7 Å². The second-order valence-corrected chi connectivity index (χ2v) is 5.22. The summed E-state index contributed by atoms with van der Waals surface area (Å²) in [5.74, 6) is -1.10. The van der Waals surface area contributed by atoms with E-state index in [0.717, 1.165) is 10.0 Å². The van der Waals surface area contributed by atoms with Crippen LogP contribution in [0.25, 0.3) is 0 Å². The Morgan fingerprint density at radius 3 is 2.67 bits per heavy atom. The Morgan fingerprint density at radius 1 is 1.19 bits per heavy atom. The van der Waals surface area contributed by atoms with Gasteiger partial charge >= 0.3 is 12.0 Å². The fourth-order valence-corrected chi connectivity index (χ4v) is 2.00. The smallest absolute Gasteiger partial charge is 0.337 e. The number of anilines is 2. The van der Waals surface area contributed by atoms with Gasteiger partial charge in [0, 0.05) is 16.4 Å². The van der Waals surface area contributed by atoms with Crippen LogP contribution in [0.1, 0.15) is 15.9 Å². The lowest BCUT2D eigenvalue weighted by Gasteiger charge is -2.10. The number of urea groups is 1. The van der Waals surface area contributed by atoms with Gasteiger partial charge in [-0.3, -0.25) is 4.98 Å². The molecule has 0 aliphatic rings. The molecule has 0 bridgehead atoms. The number of carbonyl (C=O) groups excluding carboxylic acids is 1. The van der Waals surface area contributed by atoms with Crippen LogP contribution in [0.5, 0.6) is 0 Å². The number of hydrogen-bond acceptors (Lipinski definition) is 3. The molecule has 1 heterocycles. The number of nitrogens with zero attached hydrogens (tertiary/aromatic N) is 1. The predicted molar refractivity (Wildman–Crippen MR) is 82.7 cm³/mol. The summed E-state index contributed by atoms with van der Waals surface area (Å²) in [6.45, 7) is 1.87. The van der Waals surface area contributed by atoms with Gasteiger partial charge in [0.05, 0.1) is 17.4 Å². The van der Waals surface area contributed by atoms with E-state index in [2.05, 4.69) is 31.5 Å². The molecule has 1 aromatic carbocycles. The van der Waals surface area contributed by atoms with Gasteiger partial charge in [-0.05, 0) is 30.7 Å². The first-order valence-corrected chi connectivity index (χ1v) is 6.77. The first kappa shape index (κ1) is 15.0. The summed E-state index contributed by atoms with van der Waals surface area (Å²) in [7, 11) is 0. The monoisotopic (exact) mass is 349 g/mol. The average Bonchev–Trinajstić information content (AvgIpc) is 2.43. The van der Waals surface area contributed by atoms with Crippen LogP contribution in [-0.2, 0) is 0 Å². The fraction of sp³-hybridized carbons (Fsp3) is 0.0714. The van der Waals surface area contributed by atoms with Gasteiger partial charge in [0.2, 0.25) is 0 Å². The van der Waals surface area contributed by atoms with Crippen LogP contribution < -0.4 is 10.6 Å². The van der Waals surface area contributed by atoms with E-state index in [-0.39, 0.29) is 5.56 Å². The molecule has 0 spiro atoms. The molecule has 0 unspecified atom stereocenters. The molecule has 3 N–H and O–H groups in total. The third-order valence-electron chi connectivity index (χ3n) is 2.69. The number of aryl methyl sites for hydroxylation is 1. The van der Waals surface area contributed by atoms with E-state index in [0.29, 0.717) is 11.4 Å². The SMILES string of the molecule is Cc1ccc(Br)cc1NC(=O)Nc1cncc(C(=O)O)c1. The topological polar surface area (TPSA) is 91.3 Å². The molecule has 2 rings (SSSR count). The van der Waals surface area contributed by atoms with Crippen LogP contribution in [0.15, 0.2) is 41.1 Å². The molecule has 0 fully saturated rings. The number of rotatable bonds is 3. The van der Waals surface area contributed by atoms with Gasteiger partial charge in [-0.25, -0.2) is 9.59 Å². The number of carboxylic acid groups (broad SMARTS) is 1. The molecule has 6 nitrogen and oxygen atoms in total. The van der Waals surface area contributed by atoms with E-state index in [4.69, 9.17) is 5.11 Å². The summed E-state index contributed by atoms with van der Waals surface area (Å²) in [4.78, 5) is 26.5. The van der Waals surface area contributed by atoms with Crippen molar-refractivity contribution in [2.24, 2.45) is 0 Å². The normalized spacial score (nSPS) is 10.0. The third kappa shape index (κ3) is 4.03. The molecule has 0 aliphatic heterocycles. The summed E-state index contributed by atoms with van der Waals surface area (Å²) in [6, 6.07) is 6.38. The third-order valence-corrected chi connectivity index (χ3v) is 3.18. The highest BCUT2D eigenvalue weighted by Gasteiger charge is 2.08. The van der Waals surface area contributed by atoms with Crippen LogP contribution in [0.4, 0.5) is 16.2 Å². The van der Waals surface area contributed by atoms with E-state index in [9.17, 15) is 9.59 Å². The Bertz CT molecular complexity index is 704. The Labute approximate surface area is 129 Å². The lowest BCUT2D eigenvalue weighted by molar-refractivity contribution is 0.0696. The maximum Gasteiger partial charge on any atom is 0.337 e. The number of pyridine rings is 1. The fourth-order valence-electron chi connectivity index (χ4n) is 1.64. The van der Waals surface area contributed by atoms with E-state index >= 15 is 0 Å². The van der Waals surface area contributed by atoms with Crippen molar-refractivity contribution in [1.82, 2.24) is 4.98 Å². The molecule has 0 saturated heterocycles. The molecule has 0 atom stereocenters. The van der Waals surface area contributed by atoms with E-state index < -0.39 is 12.0 Å². The molecular weight excluding hydrogens is 338 g/mol. The van der Waals surface area contributed by atoms with Crippen molar-refractivity contribution >= 4 is 39.3 Å². The Morgan fingerprint density at radius 2 is 1.95 bits per heavy atom. The minimum absolute atomic E-state index is 0.00596. The summed E-state index contributed by atoms with van der Waals surface area (Å²) >= 11 is 3.33. The Hall–Kier alpha value is -2.41. The molecule has 0 saturated carbocycles. The van der Waals surface area contributed by atoms with Crippen LogP contribution in [0.2, 0.25) is 0 Å². The number of amides is 2. The van der Waals surface area contributed by atoms with Gasteiger partial charge in [0.15, 0.2) is 0 Å². The number of carboxylic acids is 1. The highest BCUT2D eigenvalue weighted by atomic mass is 79.9. The van der Waals surface area contributed by atoms with E-state index in [1.807, 2.05) is 19.1 Å². The quantitative estimate of drug-likeness (QED) is 0.790. The molecule has 108 valence electrons. The molecule has 2 aromatic rings. The zero-order valence-electron chi connectivity index (χ0n) is 11.1. The van der Waals surface area contributed by atoms with Gasteiger partial charge in [0.1, 0.15) is 0 Å². The molecule has 0 aliphatic carbocycles. The van der Waals surface area contributed by atoms with Crippen molar-refractivity contribution in [2.45, 2.75) is 6.92 Å². The second-order valence-electron chi connectivity index (χ2n) is 4.31. The molecular formula is C14H12BrN3O3. The lowest BCUT2D eigenvalue weighted by atomic mass is 10.2. The van der Waals surface area contributed by atoms with E-state index in [1.165, 1.54) is 18.5 Å². The number of nitrogens with one attached hydrogen (secondary N) is 2. The van der Waals surface area contributed by atoms with Gasteiger partial charge in [-0.2, -0.15) is 0 Å². The van der Waals surface area contributed by atoms with Gasteiger partial charge in [-0.1, -0.05) is 22.0 Å². The predicted octanol–water partition coefficient (Wildman–Crippen LogP) is 3.49. The second kappa shape index (κ2) is 6.36. The van der Waals surface area contributed by atoms with Gasteiger partial charge in [0.25, 0.3) is 0 Å². The van der Waals surface area contributed by atoms with Crippen molar-refractivity contribution in [2.75, 3.05) is 10.6 Å². The van der Waals surface area contributed by atoms with Crippen LogP contribution in [0.3, 0.4) is 0 Å². The van der Waals surface area contributed by atoms with E-state index in [1.54, 1.807) is 6.07 Å². The molecule has 21 heavy (non-hydrogen) atoms. The Balaban J connectivity index is 2.10. The molecule has 1 aromatic heterocycles. The van der Waals surface area contributed by atoms with Crippen LogP contribution in [0, 0.1) is 6.92 Å². The number of benzene rings is 1. The number of aromatic nitrogens is 1. The number of hydrogen-bond donors (Lipinski definition) is 3. The largest absolute Gasteiger partial charge is 0.478 e. The van der Waals surface area contributed by atoms with Crippen LogP contribution in [-0.4, -0.2) is 22.1 Å². The average molecular weight is 350 g/mol. The summed E-state index contributed by atoms with van der Waals surface area (Å²) in [5.41, 5.74) is 1.88. The number of carbonyl (C=O) groups is 2. The zero-order chi connectivity index (χ0) is 15.4. The standard InChI is InChI=1S/C14H12BrN3O3/c1-8-2-3-10(15)5-12(8)18-14(21)17-11-4-9(13(19)20)6-16-7-11/h2-7H,1H3,(H,19,20)(H2,17,18,21). The van der Waals surface area contributed by atoms with Crippen molar-refractivity contribution in [3.8, 4) is 0 Å².